The standard InChI is InChI=1S/C17H15FN2/c1-12-11-20(16-7-9-19-10-8-16)17(13(12)2)14-3-5-15(18)6-4-14/h3-11H,1-2H3. The number of halogens is 1. The van der Waals surface area contributed by atoms with Gasteiger partial charge >= 0.3 is 0 Å². The molecule has 3 aromatic rings. The van der Waals surface area contributed by atoms with Gasteiger partial charge in [-0.25, -0.2) is 4.39 Å². The molecule has 20 heavy (non-hydrogen) atoms. The average molecular weight is 266 g/mol. The molecule has 0 saturated carbocycles. The van der Waals surface area contributed by atoms with E-state index in [4.69, 9.17) is 0 Å². The molecule has 0 aliphatic carbocycles. The molecule has 0 amide bonds. The second-order valence-electron chi connectivity index (χ2n) is 4.87. The van der Waals surface area contributed by atoms with E-state index in [2.05, 4.69) is 29.6 Å². The summed E-state index contributed by atoms with van der Waals surface area (Å²) in [6, 6.07) is 10.5. The number of pyridine rings is 1. The van der Waals surface area contributed by atoms with Gasteiger partial charge in [0.25, 0.3) is 0 Å². The maximum absolute atomic E-state index is 13.1. The summed E-state index contributed by atoms with van der Waals surface area (Å²) in [5.41, 5.74) is 5.56. The molecule has 0 bridgehead atoms. The van der Waals surface area contributed by atoms with Crippen molar-refractivity contribution >= 4 is 0 Å². The fraction of sp³-hybridized carbons (Fsp3) is 0.118. The van der Waals surface area contributed by atoms with Crippen LogP contribution in [0.3, 0.4) is 0 Å². The third kappa shape index (κ3) is 2.11. The van der Waals surface area contributed by atoms with Gasteiger partial charge in [-0.1, -0.05) is 0 Å². The van der Waals surface area contributed by atoms with Crippen LogP contribution in [0.15, 0.2) is 55.0 Å². The molecule has 1 aromatic carbocycles. The first kappa shape index (κ1) is 12.6. The maximum Gasteiger partial charge on any atom is 0.123 e. The molecule has 0 unspecified atom stereocenters. The topological polar surface area (TPSA) is 17.8 Å². The van der Waals surface area contributed by atoms with Gasteiger partial charge in [0, 0.05) is 24.3 Å². The number of nitrogens with zero attached hydrogens (tertiary/aromatic N) is 2. The SMILES string of the molecule is Cc1cn(-c2ccncc2)c(-c2ccc(F)cc2)c1C. The summed E-state index contributed by atoms with van der Waals surface area (Å²) in [4.78, 5) is 4.05. The van der Waals surface area contributed by atoms with E-state index in [0.29, 0.717) is 0 Å². The van der Waals surface area contributed by atoms with Crippen LogP contribution < -0.4 is 0 Å². The van der Waals surface area contributed by atoms with E-state index in [1.807, 2.05) is 24.3 Å². The van der Waals surface area contributed by atoms with E-state index in [9.17, 15) is 4.39 Å². The number of aromatic nitrogens is 2. The molecule has 0 spiro atoms. The maximum atomic E-state index is 13.1. The van der Waals surface area contributed by atoms with Crippen molar-refractivity contribution in [2.75, 3.05) is 0 Å². The van der Waals surface area contributed by atoms with E-state index in [-0.39, 0.29) is 5.82 Å². The Morgan fingerprint density at radius 2 is 1.60 bits per heavy atom. The summed E-state index contributed by atoms with van der Waals surface area (Å²) >= 11 is 0. The monoisotopic (exact) mass is 266 g/mol. The Hall–Kier alpha value is -2.42. The summed E-state index contributed by atoms with van der Waals surface area (Å²) in [5.74, 6) is -0.217. The first-order valence-corrected chi connectivity index (χ1v) is 6.51. The average Bonchev–Trinajstić information content (AvgIpc) is 2.77. The third-order valence-electron chi connectivity index (χ3n) is 3.57. The quantitative estimate of drug-likeness (QED) is 0.676. The highest BCUT2D eigenvalue weighted by atomic mass is 19.1. The van der Waals surface area contributed by atoms with E-state index < -0.39 is 0 Å². The second kappa shape index (κ2) is 4.93. The van der Waals surface area contributed by atoms with Crippen LogP contribution in [0.5, 0.6) is 0 Å². The van der Waals surface area contributed by atoms with Gasteiger partial charge in [0.2, 0.25) is 0 Å². The number of aryl methyl sites for hydroxylation is 1. The smallest absolute Gasteiger partial charge is 0.123 e. The minimum atomic E-state index is -0.217. The molecule has 0 fully saturated rings. The second-order valence-corrected chi connectivity index (χ2v) is 4.87. The summed E-state index contributed by atoms with van der Waals surface area (Å²) < 4.78 is 15.2. The van der Waals surface area contributed by atoms with Crippen LogP contribution in [-0.2, 0) is 0 Å². The van der Waals surface area contributed by atoms with Crippen molar-refractivity contribution in [3.8, 4) is 16.9 Å². The normalized spacial score (nSPS) is 10.8. The van der Waals surface area contributed by atoms with Gasteiger partial charge in [-0.2, -0.15) is 0 Å². The molecule has 0 aliphatic rings. The lowest BCUT2D eigenvalue weighted by Gasteiger charge is -2.10. The van der Waals surface area contributed by atoms with Crippen LogP contribution in [0, 0.1) is 19.7 Å². The van der Waals surface area contributed by atoms with Crippen LogP contribution in [0.4, 0.5) is 4.39 Å². The number of rotatable bonds is 2. The summed E-state index contributed by atoms with van der Waals surface area (Å²) in [6.45, 7) is 4.17. The molecular formula is C17H15FN2. The predicted octanol–water partition coefficient (Wildman–Crippen LogP) is 4.30. The fourth-order valence-electron chi connectivity index (χ4n) is 2.39. The molecule has 0 aliphatic heterocycles. The molecule has 100 valence electrons. The minimum absolute atomic E-state index is 0.217. The van der Waals surface area contributed by atoms with Crippen LogP contribution in [0.1, 0.15) is 11.1 Å². The molecule has 3 rings (SSSR count). The zero-order valence-corrected chi connectivity index (χ0v) is 11.5. The Morgan fingerprint density at radius 1 is 0.950 bits per heavy atom. The molecule has 2 nitrogen and oxygen atoms in total. The van der Waals surface area contributed by atoms with Gasteiger partial charge in [-0.05, 0) is 66.9 Å². The summed E-state index contributed by atoms with van der Waals surface area (Å²) in [6.07, 6.45) is 5.65. The molecular weight excluding hydrogens is 251 g/mol. The van der Waals surface area contributed by atoms with E-state index in [1.165, 1.54) is 23.3 Å². The molecule has 2 aromatic heterocycles. The highest BCUT2D eigenvalue weighted by Crippen LogP contribution is 2.30. The van der Waals surface area contributed by atoms with Crippen molar-refractivity contribution in [1.82, 2.24) is 9.55 Å². The van der Waals surface area contributed by atoms with Crippen molar-refractivity contribution in [3.05, 3.63) is 71.9 Å². The lowest BCUT2D eigenvalue weighted by Crippen LogP contribution is -1.96. The Balaban J connectivity index is 2.22. The van der Waals surface area contributed by atoms with Gasteiger partial charge < -0.3 is 4.57 Å². The van der Waals surface area contributed by atoms with Crippen molar-refractivity contribution < 1.29 is 4.39 Å². The number of hydrogen-bond acceptors (Lipinski definition) is 1. The Labute approximate surface area is 117 Å². The zero-order chi connectivity index (χ0) is 14.1. The first-order chi connectivity index (χ1) is 9.66. The van der Waals surface area contributed by atoms with E-state index in [1.54, 1.807) is 12.4 Å². The van der Waals surface area contributed by atoms with Crippen LogP contribution in [-0.4, -0.2) is 9.55 Å². The molecule has 0 radical (unpaired) electrons. The van der Waals surface area contributed by atoms with Gasteiger partial charge in [0.05, 0.1) is 5.69 Å². The van der Waals surface area contributed by atoms with E-state index in [0.717, 1.165) is 16.9 Å². The highest BCUT2D eigenvalue weighted by Gasteiger charge is 2.13. The fourth-order valence-corrected chi connectivity index (χ4v) is 2.39. The molecule has 0 saturated heterocycles. The zero-order valence-electron chi connectivity index (χ0n) is 11.5. The van der Waals surface area contributed by atoms with Crippen LogP contribution in [0.25, 0.3) is 16.9 Å². The lowest BCUT2D eigenvalue weighted by molar-refractivity contribution is 0.628. The number of hydrogen-bond donors (Lipinski definition) is 0. The van der Waals surface area contributed by atoms with Gasteiger partial charge in [-0.15, -0.1) is 0 Å². The van der Waals surface area contributed by atoms with Gasteiger partial charge in [-0.3, -0.25) is 4.98 Å². The van der Waals surface area contributed by atoms with Crippen LogP contribution in [0.2, 0.25) is 0 Å². The Morgan fingerprint density at radius 3 is 2.25 bits per heavy atom. The van der Waals surface area contributed by atoms with Gasteiger partial charge in [0.1, 0.15) is 5.82 Å². The number of benzene rings is 1. The lowest BCUT2D eigenvalue weighted by atomic mass is 10.1. The molecule has 2 heterocycles. The molecule has 0 atom stereocenters. The summed E-state index contributed by atoms with van der Waals surface area (Å²) in [5, 5.41) is 0. The van der Waals surface area contributed by atoms with E-state index >= 15 is 0 Å². The van der Waals surface area contributed by atoms with Crippen molar-refractivity contribution in [2.24, 2.45) is 0 Å². The van der Waals surface area contributed by atoms with Crippen molar-refractivity contribution in [2.45, 2.75) is 13.8 Å². The van der Waals surface area contributed by atoms with Crippen molar-refractivity contribution in [1.29, 1.82) is 0 Å². The van der Waals surface area contributed by atoms with Crippen LogP contribution >= 0.6 is 0 Å². The predicted molar refractivity (Wildman–Crippen MR) is 78.4 cm³/mol. The first-order valence-electron chi connectivity index (χ1n) is 6.51. The third-order valence-corrected chi connectivity index (χ3v) is 3.57. The Bertz CT molecular complexity index is 728. The largest absolute Gasteiger partial charge is 0.316 e. The summed E-state index contributed by atoms with van der Waals surface area (Å²) in [7, 11) is 0. The minimum Gasteiger partial charge on any atom is -0.316 e. The van der Waals surface area contributed by atoms with Gasteiger partial charge in [0.15, 0.2) is 0 Å². The molecule has 0 N–H and O–H groups in total. The molecule has 3 heteroatoms. The Kier molecular flexibility index (Phi) is 3.11. The van der Waals surface area contributed by atoms with Crippen molar-refractivity contribution in [3.63, 3.8) is 0 Å². The highest BCUT2D eigenvalue weighted by molar-refractivity contribution is 5.68.